The van der Waals surface area contributed by atoms with Gasteiger partial charge in [0.1, 0.15) is 6.61 Å². The first kappa shape index (κ1) is 13.1. The van der Waals surface area contributed by atoms with E-state index < -0.39 is 0 Å². The first-order valence-corrected chi connectivity index (χ1v) is 5.73. The van der Waals surface area contributed by atoms with Gasteiger partial charge in [-0.05, 0) is 24.6 Å². The van der Waals surface area contributed by atoms with Gasteiger partial charge in [-0.2, -0.15) is 0 Å². The molecule has 3 nitrogen and oxygen atoms in total. The zero-order chi connectivity index (χ0) is 12.1. The number of nitrogens with two attached hydrogens (primary N) is 1. The Morgan fingerprint density at radius 2 is 2.19 bits per heavy atom. The first-order chi connectivity index (χ1) is 7.54. The van der Waals surface area contributed by atoms with Crippen LogP contribution in [0.4, 0.5) is 0 Å². The molecule has 0 aromatic heterocycles. The van der Waals surface area contributed by atoms with E-state index in [1.54, 1.807) is 7.11 Å². The van der Waals surface area contributed by atoms with Crippen LogP contribution in [0.15, 0.2) is 29.3 Å². The van der Waals surface area contributed by atoms with Crippen LogP contribution in [0.1, 0.15) is 18.5 Å². The van der Waals surface area contributed by atoms with E-state index in [0.717, 1.165) is 10.0 Å². The number of hydrogen-bond donors (Lipinski definition) is 1. The number of methoxy groups -OCH3 is 1. The van der Waals surface area contributed by atoms with Crippen molar-refractivity contribution in [3.8, 4) is 11.5 Å². The molecule has 0 aliphatic heterocycles. The Morgan fingerprint density at radius 3 is 2.69 bits per heavy atom. The van der Waals surface area contributed by atoms with Gasteiger partial charge in [-0.1, -0.05) is 28.6 Å². The minimum absolute atomic E-state index is 0.0194. The minimum Gasteiger partial charge on any atom is -0.493 e. The van der Waals surface area contributed by atoms with Gasteiger partial charge in [-0.25, -0.2) is 0 Å². The van der Waals surface area contributed by atoms with Gasteiger partial charge in [0.15, 0.2) is 11.5 Å². The summed E-state index contributed by atoms with van der Waals surface area (Å²) in [6.45, 7) is 6.04. The SMILES string of the molecule is C=C(Br)COc1ccc([C@@H](C)N)cc1OC. The fraction of sp³-hybridized carbons (Fsp3) is 0.333. The zero-order valence-electron chi connectivity index (χ0n) is 9.50. The lowest BCUT2D eigenvalue weighted by Gasteiger charge is -2.13. The standard InChI is InChI=1S/C12H16BrNO2/c1-8(13)7-16-11-5-4-10(9(2)14)6-12(11)15-3/h4-6,9H,1,7,14H2,2-3H3/t9-/m1/s1. The molecule has 0 aliphatic rings. The van der Waals surface area contributed by atoms with Crippen molar-refractivity contribution < 1.29 is 9.47 Å². The number of ether oxygens (including phenoxy) is 2. The van der Waals surface area contributed by atoms with E-state index in [1.165, 1.54) is 0 Å². The number of hydrogen-bond acceptors (Lipinski definition) is 3. The maximum absolute atomic E-state index is 5.79. The fourth-order valence-corrected chi connectivity index (χ4v) is 1.36. The van der Waals surface area contributed by atoms with E-state index in [2.05, 4.69) is 22.5 Å². The molecule has 0 unspecified atom stereocenters. The summed E-state index contributed by atoms with van der Waals surface area (Å²) in [6, 6.07) is 5.65. The van der Waals surface area contributed by atoms with Gasteiger partial charge in [0, 0.05) is 10.5 Å². The summed E-state index contributed by atoms with van der Waals surface area (Å²) in [4.78, 5) is 0. The Bertz CT molecular complexity index is 377. The molecular weight excluding hydrogens is 270 g/mol. The monoisotopic (exact) mass is 285 g/mol. The van der Waals surface area contributed by atoms with Crippen molar-refractivity contribution in [3.63, 3.8) is 0 Å². The third-order valence-corrected chi connectivity index (χ3v) is 2.33. The lowest BCUT2D eigenvalue weighted by atomic mass is 10.1. The maximum atomic E-state index is 5.79. The van der Waals surface area contributed by atoms with E-state index in [-0.39, 0.29) is 6.04 Å². The van der Waals surface area contributed by atoms with Crippen LogP contribution in [0, 0.1) is 0 Å². The highest BCUT2D eigenvalue weighted by Crippen LogP contribution is 2.30. The third-order valence-electron chi connectivity index (χ3n) is 2.10. The molecule has 1 rings (SSSR count). The predicted molar refractivity (Wildman–Crippen MR) is 69.2 cm³/mol. The molecule has 4 heteroatoms. The Labute approximate surface area is 104 Å². The molecule has 0 saturated carbocycles. The molecule has 16 heavy (non-hydrogen) atoms. The molecule has 2 N–H and O–H groups in total. The topological polar surface area (TPSA) is 44.5 Å². The molecule has 0 fully saturated rings. The second kappa shape index (κ2) is 5.92. The van der Waals surface area contributed by atoms with E-state index in [4.69, 9.17) is 15.2 Å². The van der Waals surface area contributed by atoms with Crippen molar-refractivity contribution in [2.45, 2.75) is 13.0 Å². The molecule has 0 saturated heterocycles. The summed E-state index contributed by atoms with van der Waals surface area (Å²) in [7, 11) is 1.61. The highest BCUT2D eigenvalue weighted by atomic mass is 79.9. The zero-order valence-corrected chi connectivity index (χ0v) is 11.1. The molecular formula is C12H16BrNO2. The quantitative estimate of drug-likeness (QED) is 0.905. The molecule has 0 spiro atoms. The number of rotatable bonds is 5. The average molecular weight is 286 g/mol. The number of benzene rings is 1. The molecule has 1 aromatic rings. The van der Waals surface area contributed by atoms with Crippen LogP contribution in [-0.2, 0) is 0 Å². The van der Waals surface area contributed by atoms with Crippen LogP contribution in [0.2, 0.25) is 0 Å². The molecule has 0 amide bonds. The normalized spacial score (nSPS) is 12.0. The van der Waals surface area contributed by atoms with Crippen LogP contribution in [0.5, 0.6) is 11.5 Å². The smallest absolute Gasteiger partial charge is 0.161 e. The largest absolute Gasteiger partial charge is 0.493 e. The predicted octanol–water partition coefficient (Wildman–Crippen LogP) is 3.00. The molecule has 1 atom stereocenters. The van der Waals surface area contributed by atoms with Crippen molar-refractivity contribution in [1.29, 1.82) is 0 Å². The van der Waals surface area contributed by atoms with E-state index in [1.807, 2.05) is 25.1 Å². The molecule has 88 valence electrons. The van der Waals surface area contributed by atoms with Crippen LogP contribution in [0.3, 0.4) is 0 Å². The summed E-state index contributed by atoms with van der Waals surface area (Å²) in [6.07, 6.45) is 0. The van der Waals surface area contributed by atoms with Gasteiger partial charge in [0.2, 0.25) is 0 Å². The maximum Gasteiger partial charge on any atom is 0.161 e. The Morgan fingerprint density at radius 1 is 1.50 bits per heavy atom. The van der Waals surface area contributed by atoms with E-state index >= 15 is 0 Å². The van der Waals surface area contributed by atoms with Crippen molar-refractivity contribution >= 4 is 15.9 Å². The summed E-state index contributed by atoms with van der Waals surface area (Å²) in [5.41, 5.74) is 6.81. The Hall–Kier alpha value is -1.00. The number of halogens is 1. The second-order valence-corrected chi connectivity index (χ2v) is 4.63. The van der Waals surface area contributed by atoms with Crippen molar-refractivity contribution in [2.24, 2.45) is 5.73 Å². The Kier molecular flexibility index (Phi) is 4.83. The molecule has 0 heterocycles. The highest BCUT2D eigenvalue weighted by molar-refractivity contribution is 9.11. The van der Waals surface area contributed by atoms with Gasteiger partial charge in [-0.3, -0.25) is 0 Å². The van der Waals surface area contributed by atoms with Crippen LogP contribution in [-0.4, -0.2) is 13.7 Å². The second-order valence-electron chi connectivity index (χ2n) is 3.50. The van der Waals surface area contributed by atoms with Crippen LogP contribution in [0.25, 0.3) is 0 Å². The molecule has 0 aliphatic carbocycles. The summed E-state index contributed by atoms with van der Waals surface area (Å²) < 4.78 is 11.5. The van der Waals surface area contributed by atoms with Gasteiger partial charge < -0.3 is 15.2 Å². The van der Waals surface area contributed by atoms with Crippen LogP contribution >= 0.6 is 15.9 Å². The molecule has 1 aromatic carbocycles. The molecule has 0 bridgehead atoms. The summed E-state index contributed by atoms with van der Waals surface area (Å²) in [5.74, 6) is 1.37. The third kappa shape index (κ3) is 3.54. The van der Waals surface area contributed by atoms with Gasteiger partial charge in [0.25, 0.3) is 0 Å². The van der Waals surface area contributed by atoms with Gasteiger partial charge in [-0.15, -0.1) is 0 Å². The van der Waals surface area contributed by atoms with Crippen molar-refractivity contribution in [2.75, 3.05) is 13.7 Å². The average Bonchev–Trinajstić information content (AvgIpc) is 2.25. The summed E-state index contributed by atoms with van der Waals surface area (Å²) >= 11 is 3.24. The van der Waals surface area contributed by atoms with E-state index in [0.29, 0.717) is 18.1 Å². The first-order valence-electron chi connectivity index (χ1n) is 4.94. The van der Waals surface area contributed by atoms with Gasteiger partial charge >= 0.3 is 0 Å². The van der Waals surface area contributed by atoms with Crippen molar-refractivity contribution in [3.05, 3.63) is 34.8 Å². The molecule has 0 radical (unpaired) electrons. The van der Waals surface area contributed by atoms with Crippen LogP contribution < -0.4 is 15.2 Å². The van der Waals surface area contributed by atoms with E-state index in [9.17, 15) is 0 Å². The lowest BCUT2D eigenvalue weighted by molar-refractivity contribution is 0.324. The van der Waals surface area contributed by atoms with Crippen molar-refractivity contribution in [1.82, 2.24) is 0 Å². The summed E-state index contributed by atoms with van der Waals surface area (Å²) in [5, 5.41) is 0. The lowest BCUT2D eigenvalue weighted by Crippen LogP contribution is -2.06. The highest BCUT2D eigenvalue weighted by Gasteiger charge is 2.08. The van der Waals surface area contributed by atoms with Gasteiger partial charge in [0.05, 0.1) is 7.11 Å². The Balaban J connectivity index is 2.88. The minimum atomic E-state index is -0.0194. The fourth-order valence-electron chi connectivity index (χ4n) is 1.24.